The molecule has 0 atom stereocenters. The third-order valence-electron chi connectivity index (χ3n) is 6.72. The van der Waals surface area contributed by atoms with E-state index in [0.717, 1.165) is 61.4 Å². The Kier molecular flexibility index (Phi) is 6.74. The van der Waals surface area contributed by atoms with Crippen molar-refractivity contribution in [1.82, 2.24) is 29.5 Å². The Morgan fingerprint density at radius 3 is 2.59 bits per heavy atom. The summed E-state index contributed by atoms with van der Waals surface area (Å²) in [6.07, 6.45) is 6.88. The summed E-state index contributed by atoms with van der Waals surface area (Å²) < 4.78 is 7.29. The van der Waals surface area contributed by atoms with Crippen LogP contribution in [0.15, 0.2) is 24.5 Å². The van der Waals surface area contributed by atoms with E-state index in [1.807, 2.05) is 11.9 Å². The maximum atomic E-state index is 11.0. The van der Waals surface area contributed by atoms with E-state index in [4.69, 9.17) is 4.74 Å². The van der Waals surface area contributed by atoms with Crippen molar-refractivity contribution in [3.63, 3.8) is 0 Å². The van der Waals surface area contributed by atoms with Gasteiger partial charge in [-0.3, -0.25) is 9.48 Å². The van der Waals surface area contributed by atoms with Crippen LogP contribution in [0.25, 0.3) is 11.0 Å². The van der Waals surface area contributed by atoms with Crippen molar-refractivity contribution in [1.29, 1.82) is 0 Å². The van der Waals surface area contributed by atoms with Crippen LogP contribution in [0.2, 0.25) is 0 Å². The van der Waals surface area contributed by atoms with Crippen LogP contribution < -0.4 is 10.1 Å². The average molecular weight is 466 g/mol. The Morgan fingerprint density at radius 2 is 1.94 bits per heavy atom. The molecular weight excluding hydrogens is 430 g/mol. The molecule has 9 heteroatoms. The fraction of sp³-hybridized carbons (Fsp3) is 0.520. The van der Waals surface area contributed by atoms with E-state index in [0.29, 0.717) is 5.95 Å². The molecule has 0 bridgehead atoms. The van der Waals surface area contributed by atoms with Gasteiger partial charge in [0, 0.05) is 45.3 Å². The highest BCUT2D eigenvalue weighted by Gasteiger charge is 2.33. The number of amides is 1. The molecule has 0 spiro atoms. The van der Waals surface area contributed by atoms with Crippen LogP contribution in [-0.4, -0.2) is 68.2 Å². The molecule has 3 aromatic rings. The molecule has 5 rings (SSSR count). The molecule has 0 aliphatic carbocycles. The van der Waals surface area contributed by atoms with Gasteiger partial charge in [-0.2, -0.15) is 10.1 Å². The monoisotopic (exact) mass is 465 g/mol. The second-order valence-electron chi connectivity index (χ2n) is 9.76. The lowest BCUT2D eigenvalue weighted by molar-refractivity contribution is -0.131. The number of ether oxygens (including phenoxy) is 1. The van der Waals surface area contributed by atoms with Crippen LogP contribution in [0.4, 0.5) is 11.6 Å². The second-order valence-corrected chi connectivity index (χ2v) is 9.76. The minimum Gasteiger partial charge on any atom is -0.495 e. The van der Waals surface area contributed by atoms with Crippen molar-refractivity contribution in [3.8, 4) is 5.75 Å². The van der Waals surface area contributed by atoms with Crippen molar-refractivity contribution in [2.24, 2.45) is 7.05 Å². The van der Waals surface area contributed by atoms with Gasteiger partial charge in [0.25, 0.3) is 0 Å². The van der Waals surface area contributed by atoms with Gasteiger partial charge in [0.1, 0.15) is 5.75 Å². The van der Waals surface area contributed by atoms with E-state index in [-0.39, 0.29) is 11.4 Å². The fourth-order valence-electron chi connectivity index (χ4n) is 4.80. The lowest BCUT2D eigenvalue weighted by Gasteiger charge is -2.30. The van der Waals surface area contributed by atoms with Crippen molar-refractivity contribution in [3.05, 3.63) is 35.7 Å². The van der Waals surface area contributed by atoms with Gasteiger partial charge in [-0.25, -0.2) is 4.98 Å². The molecule has 0 radical (unpaired) electrons. The number of rotatable bonds is 3. The number of likely N-dealkylation sites (tertiary alicyclic amines) is 1. The molecule has 1 amide bonds. The zero-order valence-electron chi connectivity index (χ0n) is 21.1. The SMILES string of the molecule is CC(=O)N1CCCC1(C)C.COc1cc2c(cc1Nc1ncc3cnn(C)c3n1)CN(C)CC2. The van der Waals surface area contributed by atoms with Crippen molar-refractivity contribution >= 4 is 28.6 Å². The lowest BCUT2D eigenvalue weighted by atomic mass is 9.99. The third kappa shape index (κ3) is 4.99. The van der Waals surface area contributed by atoms with Crippen molar-refractivity contribution in [2.45, 2.75) is 52.1 Å². The van der Waals surface area contributed by atoms with Gasteiger partial charge in [-0.15, -0.1) is 0 Å². The molecule has 1 fully saturated rings. The molecular formula is C25H35N7O2. The van der Waals surface area contributed by atoms with Gasteiger partial charge in [-0.1, -0.05) is 0 Å². The summed E-state index contributed by atoms with van der Waals surface area (Å²) in [5, 5.41) is 8.41. The van der Waals surface area contributed by atoms with Gasteiger partial charge in [0.15, 0.2) is 5.65 Å². The summed E-state index contributed by atoms with van der Waals surface area (Å²) >= 11 is 0. The van der Waals surface area contributed by atoms with Gasteiger partial charge in [-0.05, 0) is 63.4 Å². The molecule has 182 valence electrons. The van der Waals surface area contributed by atoms with E-state index in [1.165, 1.54) is 11.1 Å². The Balaban J connectivity index is 0.000000231. The summed E-state index contributed by atoms with van der Waals surface area (Å²) in [7, 11) is 5.70. The number of anilines is 2. The molecule has 0 unspecified atom stereocenters. The van der Waals surface area contributed by atoms with Gasteiger partial charge in [0.2, 0.25) is 11.9 Å². The predicted molar refractivity (Wildman–Crippen MR) is 133 cm³/mol. The Hall–Kier alpha value is -3.20. The average Bonchev–Trinajstić information content (AvgIpc) is 3.35. The summed E-state index contributed by atoms with van der Waals surface area (Å²) in [4.78, 5) is 24.2. The number of aryl methyl sites for hydroxylation is 1. The van der Waals surface area contributed by atoms with Gasteiger partial charge >= 0.3 is 0 Å². The number of fused-ring (bicyclic) bond motifs is 2. The fourth-order valence-corrected chi connectivity index (χ4v) is 4.80. The molecule has 1 N–H and O–H groups in total. The summed E-state index contributed by atoms with van der Waals surface area (Å²) in [6.45, 7) is 8.86. The van der Waals surface area contributed by atoms with E-state index < -0.39 is 0 Å². The largest absolute Gasteiger partial charge is 0.495 e. The first kappa shape index (κ1) is 23.9. The predicted octanol–water partition coefficient (Wildman–Crippen LogP) is 3.51. The van der Waals surface area contributed by atoms with Crippen molar-refractivity contribution in [2.75, 3.05) is 32.6 Å². The number of nitrogens with one attached hydrogen (secondary N) is 1. The molecule has 9 nitrogen and oxygen atoms in total. The number of likely N-dealkylation sites (N-methyl/N-ethyl adjacent to an activating group) is 1. The standard InChI is InChI=1S/C17H20N6O.C8H15NO/c1-22-5-4-11-7-15(24-3)14(6-12(11)10-22)20-17-18-8-13-9-19-23(2)16(13)21-17;1-7(10)9-6-4-5-8(9,2)3/h6-9H,4-5,10H2,1-3H3,(H,18,20,21);4-6H2,1-3H3. The maximum Gasteiger partial charge on any atom is 0.229 e. The van der Waals surface area contributed by atoms with Crippen LogP contribution in [0, 0.1) is 0 Å². The van der Waals surface area contributed by atoms with Crippen LogP contribution >= 0.6 is 0 Å². The molecule has 2 aliphatic heterocycles. The van der Waals surface area contributed by atoms with E-state index >= 15 is 0 Å². The lowest BCUT2D eigenvalue weighted by Crippen LogP contribution is -2.41. The van der Waals surface area contributed by atoms with Gasteiger partial charge in [0.05, 0.1) is 24.4 Å². The van der Waals surface area contributed by atoms with E-state index in [1.54, 1.807) is 31.1 Å². The summed E-state index contributed by atoms with van der Waals surface area (Å²) in [5.41, 5.74) is 4.45. The highest BCUT2D eigenvalue weighted by atomic mass is 16.5. The first-order chi connectivity index (χ1) is 16.2. The number of carbonyl (C=O) groups excluding carboxylic acids is 1. The normalized spacial score (nSPS) is 17.2. The minimum atomic E-state index is 0.117. The highest BCUT2D eigenvalue weighted by Crippen LogP contribution is 2.33. The quantitative estimate of drug-likeness (QED) is 0.633. The Bertz CT molecular complexity index is 1190. The highest BCUT2D eigenvalue weighted by molar-refractivity contribution is 5.76. The molecule has 0 saturated carbocycles. The maximum absolute atomic E-state index is 11.0. The number of nitrogens with zero attached hydrogens (tertiary/aromatic N) is 6. The molecule has 34 heavy (non-hydrogen) atoms. The Morgan fingerprint density at radius 1 is 1.15 bits per heavy atom. The first-order valence-electron chi connectivity index (χ1n) is 11.8. The molecule has 2 aromatic heterocycles. The number of methoxy groups -OCH3 is 1. The molecule has 1 aromatic carbocycles. The second kappa shape index (κ2) is 9.58. The van der Waals surface area contributed by atoms with E-state index in [9.17, 15) is 4.79 Å². The summed E-state index contributed by atoms with van der Waals surface area (Å²) in [6, 6.07) is 4.26. The van der Waals surface area contributed by atoms with Crippen molar-refractivity contribution < 1.29 is 9.53 Å². The zero-order chi connectivity index (χ0) is 24.5. The van der Waals surface area contributed by atoms with Gasteiger partial charge < -0.3 is 19.9 Å². The number of carbonyl (C=O) groups is 1. The number of hydrogen-bond donors (Lipinski definition) is 1. The minimum absolute atomic E-state index is 0.117. The smallest absolute Gasteiger partial charge is 0.229 e. The van der Waals surface area contributed by atoms with Crippen LogP contribution in [0.5, 0.6) is 5.75 Å². The number of benzene rings is 1. The third-order valence-corrected chi connectivity index (χ3v) is 6.72. The molecule has 1 saturated heterocycles. The molecule has 2 aliphatic rings. The zero-order valence-corrected chi connectivity index (χ0v) is 21.1. The van der Waals surface area contributed by atoms with Crippen LogP contribution in [-0.2, 0) is 24.8 Å². The number of aromatic nitrogens is 4. The summed E-state index contributed by atoms with van der Waals surface area (Å²) in [5.74, 6) is 1.56. The molecule has 4 heterocycles. The number of hydrogen-bond acceptors (Lipinski definition) is 7. The Labute approximate surface area is 201 Å². The first-order valence-corrected chi connectivity index (χ1v) is 11.8. The topological polar surface area (TPSA) is 88.4 Å². The van der Waals surface area contributed by atoms with Crippen LogP contribution in [0.3, 0.4) is 0 Å². The van der Waals surface area contributed by atoms with Crippen LogP contribution in [0.1, 0.15) is 44.7 Å². The van der Waals surface area contributed by atoms with E-state index in [2.05, 4.69) is 58.3 Å².